The van der Waals surface area contributed by atoms with Crippen LogP contribution in [0.2, 0.25) is 0 Å². The van der Waals surface area contributed by atoms with Crippen molar-refractivity contribution in [1.29, 1.82) is 0 Å². The Bertz CT molecular complexity index is 1190. The summed E-state index contributed by atoms with van der Waals surface area (Å²) in [6.07, 6.45) is 5.15. The van der Waals surface area contributed by atoms with Gasteiger partial charge in [-0.25, -0.2) is 0 Å². The summed E-state index contributed by atoms with van der Waals surface area (Å²) >= 11 is 7.02. The molecule has 4 heterocycles. The zero-order valence-corrected chi connectivity index (χ0v) is 20.3. The lowest BCUT2D eigenvalue weighted by atomic mass is 9.72. The predicted octanol–water partition coefficient (Wildman–Crippen LogP) is 2.78. The quantitative estimate of drug-likeness (QED) is 0.493. The number of amides is 2. The molecule has 9 heteroatoms. The molecular weight excluding hydrogens is 456 g/mol. The van der Waals surface area contributed by atoms with Crippen LogP contribution < -0.4 is 9.64 Å². The number of fused-ring (bicyclic) bond motifs is 3. The molecule has 1 aromatic carbocycles. The maximum Gasteiger partial charge on any atom is 0.254 e. The minimum absolute atomic E-state index is 0.149. The number of ether oxygens (including phenoxy) is 1. The highest BCUT2D eigenvalue weighted by atomic mass is 32.2. The topological polar surface area (TPSA) is 66.0 Å². The van der Waals surface area contributed by atoms with Gasteiger partial charge >= 0.3 is 0 Å². The van der Waals surface area contributed by atoms with Crippen molar-refractivity contribution in [2.75, 3.05) is 39.2 Å². The van der Waals surface area contributed by atoms with Crippen molar-refractivity contribution in [1.82, 2.24) is 14.8 Å². The Balaban J connectivity index is 1.84. The van der Waals surface area contributed by atoms with Crippen LogP contribution in [0, 0.1) is 0 Å². The van der Waals surface area contributed by atoms with E-state index < -0.39 is 10.3 Å². The second-order valence-electron chi connectivity index (χ2n) is 8.49. The van der Waals surface area contributed by atoms with E-state index in [0.717, 1.165) is 16.8 Å². The fraction of sp³-hybridized carbons (Fsp3) is 0.333. The molecule has 3 atom stereocenters. The highest BCUT2D eigenvalue weighted by Crippen LogP contribution is 2.66. The van der Waals surface area contributed by atoms with Crippen LogP contribution in [0.4, 0.5) is 5.69 Å². The molecule has 3 aliphatic heterocycles. The zero-order chi connectivity index (χ0) is 23.5. The fourth-order valence-corrected chi connectivity index (χ4v) is 7.82. The number of aromatic nitrogens is 1. The van der Waals surface area contributed by atoms with Gasteiger partial charge in [0.15, 0.2) is 5.54 Å². The van der Waals surface area contributed by atoms with Crippen LogP contribution in [0.25, 0.3) is 0 Å². The summed E-state index contributed by atoms with van der Waals surface area (Å²) in [5.74, 6) is -0.00157. The molecule has 1 aromatic heterocycles. The van der Waals surface area contributed by atoms with Crippen molar-refractivity contribution < 1.29 is 14.3 Å². The molecule has 2 amide bonds. The molecule has 0 bridgehead atoms. The van der Waals surface area contributed by atoms with Gasteiger partial charge in [-0.2, -0.15) is 0 Å². The molecule has 2 saturated heterocycles. The maximum absolute atomic E-state index is 14.4. The van der Waals surface area contributed by atoms with Gasteiger partial charge in [0.2, 0.25) is 5.91 Å². The molecule has 2 spiro atoms. The van der Waals surface area contributed by atoms with E-state index in [1.54, 1.807) is 42.4 Å². The first kappa shape index (κ1) is 22.1. The number of pyridine rings is 1. The molecule has 3 aliphatic rings. The van der Waals surface area contributed by atoms with Crippen LogP contribution in [-0.4, -0.2) is 70.0 Å². The Labute approximate surface area is 202 Å². The Hall–Kier alpha value is -2.75. The Morgan fingerprint density at radius 1 is 1.30 bits per heavy atom. The third-order valence-electron chi connectivity index (χ3n) is 7.06. The van der Waals surface area contributed by atoms with Gasteiger partial charge in [0.1, 0.15) is 14.8 Å². The molecule has 5 rings (SSSR count). The first-order chi connectivity index (χ1) is 15.8. The van der Waals surface area contributed by atoms with Crippen molar-refractivity contribution in [3.05, 3.63) is 66.5 Å². The Morgan fingerprint density at radius 2 is 2.09 bits per heavy atom. The van der Waals surface area contributed by atoms with Crippen LogP contribution in [-0.2, 0) is 15.1 Å². The third-order valence-corrected chi connectivity index (χ3v) is 9.00. The molecule has 0 N–H and O–H groups in total. The number of carbonyl (C=O) groups is 2. The number of nitrogens with zero attached hydrogens (tertiary/aromatic N) is 4. The summed E-state index contributed by atoms with van der Waals surface area (Å²) in [4.78, 5) is 38.1. The third kappa shape index (κ3) is 2.61. The van der Waals surface area contributed by atoms with Gasteiger partial charge in [0, 0.05) is 49.7 Å². The standard InChI is InChI=1S/C24H24N4O3S2/c1-5-11-28-21(30)24(33-22(28)32)18(15-7-6-10-25-13-15)14-26(2)23(24)17-12-16(31-4)8-9-19(17)27(3)20(23)29/h5-10,12-13,18H,1,11,14H2,2-4H3. The molecule has 7 nitrogen and oxygen atoms in total. The maximum atomic E-state index is 14.4. The Morgan fingerprint density at radius 3 is 2.76 bits per heavy atom. The average Bonchev–Trinajstić information content (AvgIpc) is 3.33. The number of carbonyl (C=O) groups excluding carboxylic acids is 2. The van der Waals surface area contributed by atoms with Gasteiger partial charge in [-0.3, -0.25) is 24.4 Å². The van der Waals surface area contributed by atoms with Gasteiger partial charge < -0.3 is 9.64 Å². The van der Waals surface area contributed by atoms with Gasteiger partial charge in [-0.15, -0.1) is 6.58 Å². The lowest BCUT2D eigenvalue weighted by Crippen LogP contribution is -2.62. The molecule has 0 aliphatic carbocycles. The molecular formula is C24H24N4O3S2. The SMILES string of the molecule is C=CCN1C(=O)C2(SC1=S)C(c1cccnc1)CN(C)C21C(=O)N(C)c2ccc(OC)cc21. The van der Waals surface area contributed by atoms with Crippen molar-refractivity contribution >= 4 is 45.8 Å². The van der Waals surface area contributed by atoms with E-state index in [9.17, 15) is 9.59 Å². The van der Waals surface area contributed by atoms with Gasteiger partial charge in [0.25, 0.3) is 5.91 Å². The van der Waals surface area contributed by atoms with Crippen LogP contribution in [0.15, 0.2) is 55.4 Å². The number of likely N-dealkylation sites (N-methyl/N-ethyl adjacent to an activating group) is 2. The van der Waals surface area contributed by atoms with Crippen LogP contribution in [0.5, 0.6) is 5.75 Å². The number of likely N-dealkylation sites (tertiary alicyclic amines) is 1. The minimum atomic E-state index is -1.26. The summed E-state index contributed by atoms with van der Waals surface area (Å²) in [6, 6.07) is 9.42. The number of hydrogen-bond donors (Lipinski definition) is 0. The minimum Gasteiger partial charge on any atom is -0.497 e. The molecule has 0 radical (unpaired) electrons. The summed E-state index contributed by atoms with van der Waals surface area (Å²) in [6.45, 7) is 4.58. The van der Waals surface area contributed by atoms with Gasteiger partial charge in [-0.05, 0) is 36.9 Å². The van der Waals surface area contributed by atoms with E-state index in [4.69, 9.17) is 17.0 Å². The molecule has 2 aromatic rings. The number of thiocarbonyl (C=S) groups is 1. The van der Waals surface area contributed by atoms with Crippen LogP contribution in [0.3, 0.4) is 0 Å². The second kappa shape index (κ2) is 7.65. The average molecular weight is 481 g/mol. The van der Waals surface area contributed by atoms with Crippen LogP contribution in [0.1, 0.15) is 17.0 Å². The first-order valence-corrected chi connectivity index (χ1v) is 11.8. The molecule has 2 fully saturated rings. The Kier molecular flexibility index (Phi) is 5.11. The van der Waals surface area contributed by atoms with Crippen molar-refractivity contribution in [2.24, 2.45) is 0 Å². The monoisotopic (exact) mass is 480 g/mol. The zero-order valence-electron chi connectivity index (χ0n) is 18.6. The smallest absolute Gasteiger partial charge is 0.254 e. The normalized spacial score (nSPS) is 28.9. The van der Waals surface area contributed by atoms with Gasteiger partial charge in [-0.1, -0.05) is 36.1 Å². The van der Waals surface area contributed by atoms with Crippen molar-refractivity contribution in [3.63, 3.8) is 0 Å². The number of anilines is 1. The summed E-state index contributed by atoms with van der Waals surface area (Å²) < 4.78 is 4.77. The number of benzene rings is 1. The number of rotatable bonds is 4. The van der Waals surface area contributed by atoms with Crippen LogP contribution >= 0.6 is 24.0 Å². The molecule has 3 unspecified atom stereocenters. The lowest BCUT2D eigenvalue weighted by molar-refractivity contribution is -0.138. The van der Waals surface area contributed by atoms with Crippen molar-refractivity contribution in [2.45, 2.75) is 16.2 Å². The fourth-order valence-electron chi connectivity index (χ4n) is 5.67. The second-order valence-corrected chi connectivity index (χ2v) is 10.4. The molecule has 170 valence electrons. The van der Waals surface area contributed by atoms with E-state index in [1.165, 1.54) is 11.8 Å². The highest BCUT2D eigenvalue weighted by molar-refractivity contribution is 8.25. The highest BCUT2D eigenvalue weighted by Gasteiger charge is 2.78. The predicted molar refractivity (Wildman–Crippen MR) is 133 cm³/mol. The molecule has 0 saturated carbocycles. The number of methoxy groups -OCH3 is 1. The van der Waals surface area contributed by atoms with Crippen molar-refractivity contribution in [3.8, 4) is 5.75 Å². The van der Waals surface area contributed by atoms with E-state index >= 15 is 0 Å². The molecule has 33 heavy (non-hydrogen) atoms. The van der Waals surface area contributed by atoms with E-state index in [2.05, 4.69) is 11.6 Å². The van der Waals surface area contributed by atoms with E-state index in [1.807, 2.05) is 42.3 Å². The summed E-state index contributed by atoms with van der Waals surface area (Å²) in [7, 11) is 5.26. The first-order valence-electron chi connectivity index (χ1n) is 10.6. The van der Waals surface area contributed by atoms with Gasteiger partial charge in [0.05, 0.1) is 7.11 Å². The lowest BCUT2D eigenvalue weighted by Gasteiger charge is -2.42. The number of thioether (sulfide) groups is 1. The van der Waals surface area contributed by atoms with E-state index in [-0.39, 0.29) is 17.7 Å². The van der Waals surface area contributed by atoms with E-state index in [0.29, 0.717) is 23.2 Å². The summed E-state index contributed by atoms with van der Waals surface area (Å²) in [5, 5.41) is 0. The summed E-state index contributed by atoms with van der Waals surface area (Å²) in [5.41, 5.74) is 1.17. The largest absolute Gasteiger partial charge is 0.497 e. The number of hydrogen-bond acceptors (Lipinski definition) is 7.